The zero-order valence-corrected chi connectivity index (χ0v) is 17.3. The topological polar surface area (TPSA) is 87.7 Å². The molecular weight excluding hydrogens is 416 g/mol. The van der Waals surface area contributed by atoms with Gasteiger partial charge in [0.15, 0.2) is 0 Å². The van der Waals surface area contributed by atoms with Crippen molar-refractivity contribution < 1.29 is 19.4 Å². The fourth-order valence-corrected chi connectivity index (χ4v) is 2.83. The van der Waals surface area contributed by atoms with Gasteiger partial charge >= 0.3 is 0 Å². The Bertz CT molecular complexity index is 1070. The van der Waals surface area contributed by atoms with E-state index in [0.717, 1.165) is 0 Å². The van der Waals surface area contributed by atoms with Crippen LogP contribution in [-0.4, -0.2) is 30.1 Å². The highest BCUT2D eigenvalue weighted by Gasteiger charge is 2.14. The Hall–Kier alpha value is -3.61. The average Bonchev–Trinajstić information content (AvgIpc) is 2.80. The molecule has 0 fully saturated rings. The lowest BCUT2D eigenvalue weighted by molar-refractivity contribution is -0.117. The van der Waals surface area contributed by atoms with Crippen LogP contribution in [0.25, 0.3) is 6.08 Å². The molecule has 7 heteroatoms. The summed E-state index contributed by atoms with van der Waals surface area (Å²) in [6.45, 7) is -0.137. The summed E-state index contributed by atoms with van der Waals surface area (Å²) in [4.78, 5) is 25.0. The van der Waals surface area contributed by atoms with E-state index in [-0.39, 0.29) is 18.8 Å². The Kier molecular flexibility index (Phi) is 7.81. The molecule has 0 saturated carbocycles. The van der Waals surface area contributed by atoms with Gasteiger partial charge in [0.25, 0.3) is 11.8 Å². The summed E-state index contributed by atoms with van der Waals surface area (Å²) < 4.78 is 5.76. The summed E-state index contributed by atoms with van der Waals surface area (Å²) in [6.07, 6.45) is 1.55. The highest BCUT2D eigenvalue weighted by Crippen LogP contribution is 2.29. The van der Waals surface area contributed by atoms with E-state index in [4.69, 9.17) is 21.4 Å². The molecule has 0 aliphatic rings. The normalized spacial score (nSPS) is 11.0. The number of carbonyl (C=O) groups is 2. The Morgan fingerprint density at radius 2 is 1.61 bits per heavy atom. The molecule has 0 aliphatic carbocycles. The number of para-hydroxylation sites is 1. The number of amides is 2. The largest absolute Gasteiger partial charge is 0.456 e. The molecule has 6 nitrogen and oxygen atoms in total. The predicted molar refractivity (Wildman–Crippen MR) is 120 cm³/mol. The second kappa shape index (κ2) is 11.0. The van der Waals surface area contributed by atoms with Crippen LogP contribution >= 0.6 is 11.6 Å². The number of rotatable bonds is 8. The Morgan fingerprint density at radius 1 is 0.935 bits per heavy atom. The van der Waals surface area contributed by atoms with Crippen molar-refractivity contribution in [2.24, 2.45) is 0 Å². The Balaban J connectivity index is 1.79. The van der Waals surface area contributed by atoms with Crippen LogP contribution < -0.4 is 15.4 Å². The zero-order chi connectivity index (χ0) is 22.1. The standard InChI is InChI=1S/C24H21ClN2O4/c25-20-8-4-5-9-22(20)31-19-12-10-17(11-13-19)16-21(24(30)26-14-15-28)27-23(29)18-6-2-1-3-7-18/h1-13,16,28H,14-15H2,(H,26,30)(H,27,29). The van der Waals surface area contributed by atoms with Crippen LogP contribution in [0.2, 0.25) is 5.02 Å². The van der Waals surface area contributed by atoms with E-state index in [1.165, 1.54) is 0 Å². The number of carbonyl (C=O) groups excluding carboxylic acids is 2. The molecule has 0 heterocycles. The number of ether oxygens (including phenoxy) is 1. The monoisotopic (exact) mass is 436 g/mol. The van der Waals surface area contributed by atoms with Gasteiger partial charge in [-0.3, -0.25) is 9.59 Å². The molecule has 3 aromatic rings. The van der Waals surface area contributed by atoms with Gasteiger partial charge in [0.05, 0.1) is 11.6 Å². The van der Waals surface area contributed by atoms with Gasteiger partial charge in [-0.25, -0.2) is 0 Å². The first-order chi connectivity index (χ1) is 15.1. The molecule has 0 radical (unpaired) electrons. The van der Waals surface area contributed by atoms with Crippen LogP contribution in [0.3, 0.4) is 0 Å². The highest BCUT2D eigenvalue weighted by molar-refractivity contribution is 6.32. The molecule has 3 aromatic carbocycles. The summed E-state index contributed by atoms with van der Waals surface area (Å²) in [5.41, 5.74) is 1.16. The van der Waals surface area contributed by atoms with Crippen LogP contribution in [0.4, 0.5) is 0 Å². The maximum atomic E-state index is 12.5. The number of benzene rings is 3. The van der Waals surface area contributed by atoms with Gasteiger partial charge in [0, 0.05) is 12.1 Å². The SMILES string of the molecule is O=C(NCCO)C(=Cc1ccc(Oc2ccccc2Cl)cc1)NC(=O)c1ccccc1. The molecule has 0 aromatic heterocycles. The maximum Gasteiger partial charge on any atom is 0.267 e. The minimum Gasteiger partial charge on any atom is -0.456 e. The number of aliphatic hydroxyl groups is 1. The van der Waals surface area contributed by atoms with Gasteiger partial charge in [0.1, 0.15) is 17.2 Å². The van der Waals surface area contributed by atoms with Crippen molar-refractivity contribution in [2.75, 3.05) is 13.2 Å². The van der Waals surface area contributed by atoms with Gasteiger partial charge in [-0.2, -0.15) is 0 Å². The predicted octanol–water partition coefficient (Wildman–Crippen LogP) is 4.01. The minimum atomic E-state index is -0.505. The van der Waals surface area contributed by atoms with Gasteiger partial charge in [-0.05, 0) is 48.0 Å². The second-order valence-corrected chi connectivity index (χ2v) is 6.87. The van der Waals surface area contributed by atoms with Crippen LogP contribution in [0.5, 0.6) is 11.5 Å². The smallest absolute Gasteiger partial charge is 0.267 e. The lowest BCUT2D eigenvalue weighted by Gasteiger charge is -2.11. The Labute approximate surface area is 185 Å². The first-order valence-electron chi connectivity index (χ1n) is 9.56. The summed E-state index contributed by atoms with van der Waals surface area (Å²) in [5.74, 6) is 0.191. The average molecular weight is 437 g/mol. The van der Waals surface area contributed by atoms with E-state index in [1.54, 1.807) is 72.8 Å². The van der Waals surface area contributed by atoms with Gasteiger partial charge in [-0.1, -0.05) is 54.1 Å². The molecule has 0 unspecified atom stereocenters. The third kappa shape index (κ3) is 6.44. The minimum absolute atomic E-state index is 0.0575. The summed E-state index contributed by atoms with van der Waals surface area (Å²) >= 11 is 6.11. The number of nitrogens with one attached hydrogen (secondary N) is 2. The number of hydrogen-bond donors (Lipinski definition) is 3. The van der Waals surface area contributed by atoms with E-state index in [0.29, 0.717) is 27.6 Å². The quantitative estimate of drug-likeness (QED) is 0.465. The first-order valence-corrected chi connectivity index (χ1v) is 9.94. The summed E-state index contributed by atoms with van der Waals surface area (Å²) in [6, 6.07) is 22.7. The first kappa shape index (κ1) is 22.1. The van der Waals surface area contributed by atoms with E-state index >= 15 is 0 Å². The number of aliphatic hydroxyl groups excluding tert-OH is 1. The molecule has 0 aliphatic heterocycles. The van der Waals surface area contributed by atoms with E-state index in [1.807, 2.05) is 12.1 Å². The maximum absolute atomic E-state index is 12.5. The third-order valence-electron chi connectivity index (χ3n) is 4.18. The van der Waals surface area contributed by atoms with Gasteiger partial charge in [-0.15, -0.1) is 0 Å². The van der Waals surface area contributed by atoms with E-state index in [9.17, 15) is 9.59 Å². The molecule has 0 atom stereocenters. The lowest BCUT2D eigenvalue weighted by Crippen LogP contribution is -2.36. The van der Waals surface area contributed by atoms with Crippen LogP contribution in [-0.2, 0) is 4.79 Å². The number of hydrogen-bond acceptors (Lipinski definition) is 4. The van der Waals surface area contributed by atoms with Crippen LogP contribution in [0.15, 0.2) is 84.6 Å². The van der Waals surface area contributed by atoms with Crippen molar-refractivity contribution in [3.63, 3.8) is 0 Å². The van der Waals surface area contributed by atoms with Gasteiger partial charge < -0.3 is 20.5 Å². The third-order valence-corrected chi connectivity index (χ3v) is 4.49. The number of halogens is 1. The van der Waals surface area contributed by atoms with Crippen molar-refractivity contribution in [1.29, 1.82) is 0 Å². The fraction of sp³-hybridized carbons (Fsp3) is 0.0833. The molecule has 2 amide bonds. The van der Waals surface area contributed by atoms with Crippen molar-refractivity contribution in [2.45, 2.75) is 0 Å². The molecule has 3 N–H and O–H groups in total. The van der Waals surface area contributed by atoms with Crippen molar-refractivity contribution in [3.05, 3.63) is 101 Å². The molecular formula is C24H21ClN2O4. The summed E-state index contributed by atoms with van der Waals surface area (Å²) in [7, 11) is 0. The van der Waals surface area contributed by atoms with Crippen molar-refractivity contribution >= 4 is 29.5 Å². The highest BCUT2D eigenvalue weighted by atomic mass is 35.5. The van der Waals surface area contributed by atoms with E-state index < -0.39 is 11.8 Å². The van der Waals surface area contributed by atoms with Crippen LogP contribution in [0.1, 0.15) is 15.9 Å². The Morgan fingerprint density at radius 3 is 2.29 bits per heavy atom. The molecule has 0 saturated heterocycles. The molecule has 31 heavy (non-hydrogen) atoms. The van der Waals surface area contributed by atoms with Crippen LogP contribution in [0, 0.1) is 0 Å². The van der Waals surface area contributed by atoms with E-state index in [2.05, 4.69) is 10.6 Å². The lowest BCUT2D eigenvalue weighted by atomic mass is 10.1. The summed E-state index contributed by atoms with van der Waals surface area (Å²) in [5, 5.41) is 14.7. The van der Waals surface area contributed by atoms with Gasteiger partial charge in [0.2, 0.25) is 0 Å². The molecule has 0 spiro atoms. The fourth-order valence-electron chi connectivity index (χ4n) is 2.66. The molecule has 0 bridgehead atoms. The molecule has 3 rings (SSSR count). The zero-order valence-electron chi connectivity index (χ0n) is 16.5. The molecule has 158 valence electrons. The van der Waals surface area contributed by atoms with Crippen molar-refractivity contribution in [1.82, 2.24) is 10.6 Å². The second-order valence-electron chi connectivity index (χ2n) is 6.46. The van der Waals surface area contributed by atoms with Crippen molar-refractivity contribution in [3.8, 4) is 11.5 Å².